The van der Waals surface area contributed by atoms with E-state index in [1.54, 1.807) is 6.26 Å². The Balaban J connectivity index is 2.00. The van der Waals surface area contributed by atoms with E-state index in [2.05, 4.69) is 22.2 Å². The maximum atomic E-state index is 5.86. The predicted octanol–water partition coefficient (Wildman–Crippen LogP) is 2.65. The first-order chi connectivity index (χ1) is 9.19. The number of oxazole rings is 1. The van der Waals surface area contributed by atoms with E-state index >= 15 is 0 Å². The van der Waals surface area contributed by atoms with Crippen molar-refractivity contribution in [1.29, 1.82) is 0 Å². The zero-order valence-corrected chi connectivity index (χ0v) is 11.9. The Morgan fingerprint density at radius 3 is 2.74 bits per heavy atom. The van der Waals surface area contributed by atoms with E-state index in [0.29, 0.717) is 10.9 Å². The first-order valence-corrected chi connectivity index (χ1v) is 6.60. The number of halogens is 1. The third-order valence-electron chi connectivity index (χ3n) is 2.82. The molecule has 2 aromatic rings. The van der Waals surface area contributed by atoms with Gasteiger partial charge in [-0.05, 0) is 38.4 Å². The van der Waals surface area contributed by atoms with Crippen LogP contribution in [0.15, 0.2) is 34.9 Å². The molecule has 0 radical (unpaired) electrons. The maximum Gasteiger partial charge on any atom is 0.226 e. The summed E-state index contributed by atoms with van der Waals surface area (Å²) in [7, 11) is 4.01. The number of nitrogens with one attached hydrogen (secondary N) is 1. The van der Waals surface area contributed by atoms with Gasteiger partial charge in [-0.25, -0.2) is 4.98 Å². The minimum Gasteiger partial charge on any atom is -0.444 e. The van der Waals surface area contributed by atoms with Crippen LogP contribution in [0, 0.1) is 0 Å². The molecule has 5 heteroatoms. The van der Waals surface area contributed by atoms with Gasteiger partial charge in [-0.3, -0.25) is 4.90 Å². The molecule has 0 aliphatic carbocycles. The van der Waals surface area contributed by atoms with Crippen LogP contribution in [0.2, 0.25) is 5.02 Å². The lowest BCUT2D eigenvalue weighted by molar-refractivity contribution is 0.324. The van der Waals surface area contributed by atoms with Crippen molar-refractivity contribution in [3.8, 4) is 11.5 Å². The van der Waals surface area contributed by atoms with Gasteiger partial charge in [0, 0.05) is 30.2 Å². The number of benzene rings is 1. The third kappa shape index (κ3) is 4.06. The summed E-state index contributed by atoms with van der Waals surface area (Å²) in [6, 6.07) is 7.48. The molecule has 0 amide bonds. The molecule has 1 N–H and O–H groups in total. The van der Waals surface area contributed by atoms with E-state index in [-0.39, 0.29) is 0 Å². The summed E-state index contributed by atoms with van der Waals surface area (Å²) >= 11 is 5.86. The fourth-order valence-electron chi connectivity index (χ4n) is 1.76. The third-order valence-corrected chi connectivity index (χ3v) is 3.07. The zero-order valence-electron chi connectivity index (χ0n) is 11.2. The van der Waals surface area contributed by atoms with Crippen molar-refractivity contribution in [2.45, 2.75) is 6.54 Å². The second-order valence-corrected chi connectivity index (χ2v) is 4.93. The van der Waals surface area contributed by atoms with Crippen LogP contribution in [0.25, 0.3) is 11.5 Å². The Kier molecular flexibility index (Phi) is 4.96. The standard InChI is InChI=1S/C14H18ClN3O/c1-16-7-8-18(2)9-13-10-19-14(17-13)11-3-5-12(15)6-4-11/h3-6,10,16H,7-9H2,1-2H3. The van der Waals surface area contributed by atoms with Crippen molar-refractivity contribution in [3.63, 3.8) is 0 Å². The van der Waals surface area contributed by atoms with Crippen molar-refractivity contribution < 1.29 is 4.42 Å². The Hall–Kier alpha value is -1.36. The molecule has 0 unspecified atom stereocenters. The smallest absolute Gasteiger partial charge is 0.226 e. The monoisotopic (exact) mass is 279 g/mol. The summed E-state index contributed by atoms with van der Waals surface area (Å²) in [4.78, 5) is 6.68. The summed E-state index contributed by atoms with van der Waals surface area (Å²) in [6.45, 7) is 2.71. The molecule has 0 atom stereocenters. The summed E-state index contributed by atoms with van der Waals surface area (Å²) in [5, 5.41) is 3.83. The Bertz CT molecular complexity index is 510. The van der Waals surface area contributed by atoms with Crippen LogP contribution in [0.1, 0.15) is 5.69 Å². The lowest BCUT2D eigenvalue weighted by Crippen LogP contribution is -2.27. The molecule has 2 rings (SSSR count). The van der Waals surface area contributed by atoms with Gasteiger partial charge in [0.2, 0.25) is 5.89 Å². The predicted molar refractivity (Wildman–Crippen MR) is 77.2 cm³/mol. The molecule has 0 fully saturated rings. The van der Waals surface area contributed by atoms with E-state index in [4.69, 9.17) is 16.0 Å². The van der Waals surface area contributed by atoms with Crippen LogP contribution in [-0.2, 0) is 6.54 Å². The second kappa shape index (κ2) is 6.70. The van der Waals surface area contributed by atoms with Crippen LogP contribution in [-0.4, -0.2) is 37.1 Å². The molecule has 0 spiro atoms. The van der Waals surface area contributed by atoms with Gasteiger partial charge in [-0.1, -0.05) is 11.6 Å². The first kappa shape index (κ1) is 14.1. The summed E-state index contributed by atoms with van der Waals surface area (Å²) in [5.41, 5.74) is 1.87. The molecule has 102 valence electrons. The summed E-state index contributed by atoms with van der Waals surface area (Å²) < 4.78 is 5.50. The Morgan fingerprint density at radius 2 is 2.05 bits per heavy atom. The molecule has 1 heterocycles. The van der Waals surface area contributed by atoms with Crippen LogP contribution < -0.4 is 5.32 Å². The average molecular weight is 280 g/mol. The number of nitrogens with zero attached hydrogens (tertiary/aromatic N) is 2. The largest absolute Gasteiger partial charge is 0.444 e. The van der Waals surface area contributed by atoms with Gasteiger partial charge >= 0.3 is 0 Å². The highest BCUT2D eigenvalue weighted by molar-refractivity contribution is 6.30. The normalized spacial score (nSPS) is 11.2. The quantitative estimate of drug-likeness (QED) is 0.883. The number of likely N-dealkylation sites (N-methyl/N-ethyl adjacent to an activating group) is 2. The summed E-state index contributed by atoms with van der Waals surface area (Å²) in [6.07, 6.45) is 1.71. The van der Waals surface area contributed by atoms with Gasteiger partial charge in [0.15, 0.2) is 0 Å². The molecule has 1 aromatic carbocycles. The van der Waals surface area contributed by atoms with Gasteiger partial charge in [-0.2, -0.15) is 0 Å². The molecular weight excluding hydrogens is 262 g/mol. The molecule has 0 aliphatic heterocycles. The lowest BCUT2D eigenvalue weighted by Gasteiger charge is -2.13. The van der Waals surface area contributed by atoms with E-state index < -0.39 is 0 Å². The van der Waals surface area contributed by atoms with E-state index in [9.17, 15) is 0 Å². The Morgan fingerprint density at radius 1 is 1.32 bits per heavy atom. The van der Waals surface area contributed by atoms with Crippen molar-refractivity contribution in [3.05, 3.63) is 41.2 Å². The molecule has 0 saturated carbocycles. The van der Waals surface area contributed by atoms with Gasteiger partial charge in [0.25, 0.3) is 0 Å². The molecule has 19 heavy (non-hydrogen) atoms. The lowest BCUT2D eigenvalue weighted by atomic mass is 10.2. The zero-order chi connectivity index (χ0) is 13.7. The van der Waals surface area contributed by atoms with Gasteiger partial charge in [0.05, 0.1) is 5.69 Å². The van der Waals surface area contributed by atoms with Crippen LogP contribution >= 0.6 is 11.6 Å². The van der Waals surface area contributed by atoms with Crippen molar-refractivity contribution in [1.82, 2.24) is 15.2 Å². The molecule has 4 nitrogen and oxygen atoms in total. The number of aromatic nitrogens is 1. The maximum absolute atomic E-state index is 5.86. The molecule has 0 saturated heterocycles. The minimum atomic E-state index is 0.633. The number of hydrogen-bond acceptors (Lipinski definition) is 4. The fourth-order valence-corrected chi connectivity index (χ4v) is 1.89. The number of rotatable bonds is 6. The SMILES string of the molecule is CNCCN(C)Cc1coc(-c2ccc(Cl)cc2)n1. The van der Waals surface area contributed by atoms with Crippen molar-refractivity contribution in [2.75, 3.05) is 27.2 Å². The summed E-state index contributed by atoms with van der Waals surface area (Å²) in [5.74, 6) is 0.633. The highest BCUT2D eigenvalue weighted by atomic mass is 35.5. The van der Waals surface area contributed by atoms with E-state index in [1.807, 2.05) is 31.3 Å². The first-order valence-electron chi connectivity index (χ1n) is 6.22. The Labute approximate surface area is 118 Å². The minimum absolute atomic E-state index is 0.633. The fraction of sp³-hybridized carbons (Fsp3) is 0.357. The van der Waals surface area contributed by atoms with Gasteiger partial charge < -0.3 is 9.73 Å². The highest BCUT2D eigenvalue weighted by Gasteiger charge is 2.08. The van der Waals surface area contributed by atoms with Crippen LogP contribution in [0.3, 0.4) is 0 Å². The highest BCUT2D eigenvalue weighted by Crippen LogP contribution is 2.21. The molecule has 0 bridgehead atoms. The average Bonchev–Trinajstić information content (AvgIpc) is 2.85. The second-order valence-electron chi connectivity index (χ2n) is 4.49. The van der Waals surface area contributed by atoms with E-state index in [0.717, 1.165) is 30.9 Å². The molecule has 0 aliphatic rings. The molecule has 1 aromatic heterocycles. The van der Waals surface area contributed by atoms with Crippen molar-refractivity contribution >= 4 is 11.6 Å². The van der Waals surface area contributed by atoms with Crippen molar-refractivity contribution in [2.24, 2.45) is 0 Å². The van der Waals surface area contributed by atoms with Gasteiger partial charge in [-0.15, -0.1) is 0 Å². The van der Waals surface area contributed by atoms with E-state index in [1.165, 1.54) is 0 Å². The van der Waals surface area contributed by atoms with Crippen LogP contribution in [0.5, 0.6) is 0 Å². The van der Waals surface area contributed by atoms with Gasteiger partial charge in [0.1, 0.15) is 6.26 Å². The van der Waals surface area contributed by atoms with Crippen LogP contribution in [0.4, 0.5) is 0 Å². The number of hydrogen-bond donors (Lipinski definition) is 1. The molecular formula is C14H18ClN3O. The topological polar surface area (TPSA) is 41.3 Å².